The Hall–Kier alpha value is -2.12. The van der Waals surface area contributed by atoms with Gasteiger partial charge in [0.15, 0.2) is 0 Å². The molecule has 0 aromatic heterocycles. The Bertz CT molecular complexity index is 732. The minimum atomic E-state index is -0.806. The van der Waals surface area contributed by atoms with E-state index in [-0.39, 0.29) is 36.2 Å². The molecule has 0 aromatic carbocycles. The number of imide groups is 1. The third kappa shape index (κ3) is 4.79. The standard InChI is InChI=1S/C24H38N4O4/c1-2-17-8-12-24(13-9-17)22(31)28(23(32)26-24)16-20(29)27-14-10-19(11-15-27)25-21(30)18-6-4-3-5-7-18/h17-19H,2-16H2,1H3,(H,25,30)(H,26,32). The molecule has 0 unspecified atom stereocenters. The molecule has 2 N–H and O–H groups in total. The molecule has 2 saturated heterocycles. The molecule has 4 fully saturated rings. The number of urea groups is 1. The minimum Gasteiger partial charge on any atom is -0.353 e. The molecule has 2 heterocycles. The Balaban J connectivity index is 1.24. The lowest BCUT2D eigenvalue weighted by molar-refractivity contribution is -0.140. The molecule has 8 nitrogen and oxygen atoms in total. The fraction of sp³-hybridized carbons (Fsp3) is 0.833. The molecular formula is C24H38N4O4. The molecule has 0 aromatic rings. The summed E-state index contributed by atoms with van der Waals surface area (Å²) in [6.45, 7) is 3.05. The predicted octanol–water partition coefficient (Wildman–Crippen LogP) is 2.56. The van der Waals surface area contributed by atoms with E-state index < -0.39 is 11.6 Å². The van der Waals surface area contributed by atoms with Gasteiger partial charge in [-0.25, -0.2) is 4.79 Å². The summed E-state index contributed by atoms with van der Waals surface area (Å²) in [5, 5.41) is 6.08. The Morgan fingerprint density at radius 3 is 2.28 bits per heavy atom. The second-order valence-corrected chi connectivity index (χ2v) is 10.3. The monoisotopic (exact) mass is 446 g/mol. The van der Waals surface area contributed by atoms with Crippen molar-refractivity contribution in [3.8, 4) is 0 Å². The van der Waals surface area contributed by atoms with Crippen molar-refractivity contribution in [2.45, 2.75) is 95.6 Å². The second kappa shape index (κ2) is 9.79. The van der Waals surface area contributed by atoms with E-state index in [0.29, 0.717) is 44.7 Å². The summed E-state index contributed by atoms with van der Waals surface area (Å²) in [6, 6.07) is -0.338. The third-order valence-corrected chi connectivity index (χ3v) is 8.25. The van der Waals surface area contributed by atoms with Crippen LogP contribution in [0.4, 0.5) is 4.79 Å². The molecule has 4 rings (SSSR count). The SMILES string of the molecule is CCC1CCC2(CC1)NC(=O)N(CC(=O)N1CCC(NC(=O)C3CCCCC3)CC1)C2=O. The lowest BCUT2D eigenvalue weighted by Crippen LogP contribution is -2.51. The van der Waals surface area contributed by atoms with Crippen LogP contribution in [0.5, 0.6) is 0 Å². The summed E-state index contributed by atoms with van der Waals surface area (Å²) in [4.78, 5) is 53.8. The lowest BCUT2D eigenvalue weighted by Gasteiger charge is -2.35. The van der Waals surface area contributed by atoms with Gasteiger partial charge < -0.3 is 15.5 Å². The Morgan fingerprint density at radius 1 is 1.00 bits per heavy atom. The van der Waals surface area contributed by atoms with Gasteiger partial charge in [-0.3, -0.25) is 19.3 Å². The van der Waals surface area contributed by atoms with Gasteiger partial charge >= 0.3 is 6.03 Å². The zero-order chi connectivity index (χ0) is 22.7. The van der Waals surface area contributed by atoms with E-state index in [1.165, 1.54) is 6.42 Å². The summed E-state index contributed by atoms with van der Waals surface area (Å²) < 4.78 is 0. The Morgan fingerprint density at radius 2 is 1.66 bits per heavy atom. The van der Waals surface area contributed by atoms with Gasteiger partial charge in [0.1, 0.15) is 12.1 Å². The molecule has 2 saturated carbocycles. The molecule has 4 aliphatic rings. The van der Waals surface area contributed by atoms with Crippen molar-refractivity contribution in [1.29, 1.82) is 0 Å². The van der Waals surface area contributed by atoms with Gasteiger partial charge in [-0.1, -0.05) is 32.6 Å². The number of hydrogen-bond donors (Lipinski definition) is 2. The van der Waals surface area contributed by atoms with Crippen LogP contribution in [0.3, 0.4) is 0 Å². The smallest absolute Gasteiger partial charge is 0.325 e. The number of nitrogens with zero attached hydrogens (tertiary/aromatic N) is 2. The van der Waals surface area contributed by atoms with Crippen LogP contribution >= 0.6 is 0 Å². The average molecular weight is 447 g/mol. The van der Waals surface area contributed by atoms with Crippen LogP contribution in [0.25, 0.3) is 0 Å². The molecule has 1 spiro atoms. The number of hydrogen-bond acceptors (Lipinski definition) is 4. The van der Waals surface area contributed by atoms with E-state index in [9.17, 15) is 19.2 Å². The van der Waals surface area contributed by atoms with Crippen LogP contribution in [0.2, 0.25) is 0 Å². The molecular weight excluding hydrogens is 408 g/mol. The second-order valence-electron chi connectivity index (χ2n) is 10.3. The molecule has 5 amide bonds. The summed E-state index contributed by atoms with van der Waals surface area (Å²) >= 11 is 0. The minimum absolute atomic E-state index is 0.0993. The maximum atomic E-state index is 13.1. The van der Waals surface area contributed by atoms with E-state index in [0.717, 1.165) is 49.8 Å². The summed E-state index contributed by atoms with van der Waals surface area (Å²) in [5.74, 6) is 0.491. The van der Waals surface area contributed by atoms with Gasteiger partial charge in [0, 0.05) is 25.0 Å². The highest BCUT2D eigenvalue weighted by Crippen LogP contribution is 2.37. The van der Waals surface area contributed by atoms with Gasteiger partial charge in [0.2, 0.25) is 11.8 Å². The van der Waals surface area contributed by atoms with Gasteiger partial charge in [-0.15, -0.1) is 0 Å². The predicted molar refractivity (Wildman–Crippen MR) is 120 cm³/mol. The van der Waals surface area contributed by atoms with E-state index in [4.69, 9.17) is 0 Å². The first-order chi connectivity index (χ1) is 15.4. The van der Waals surface area contributed by atoms with Crippen LogP contribution < -0.4 is 10.6 Å². The number of piperidine rings is 1. The van der Waals surface area contributed by atoms with E-state index in [1.54, 1.807) is 4.90 Å². The summed E-state index contributed by atoms with van der Waals surface area (Å²) in [6.07, 6.45) is 11.2. The molecule has 0 atom stereocenters. The van der Waals surface area contributed by atoms with Crippen molar-refractivity contribution in [2.24, 2.45) is 11.8 Å². The van der Waals surface area contributed by atoms with Gasteiger partial charge in [-0.2, -0.15) is 0 Å². The highest BCUT2D eigenvalue weighted by atomic mass is 16.2. The van der Waals surface area contributed by atoms with Crippen LogP contribution in [-0.4, -0.2) is 64.8 Å². The van der Waals surface area contributed by atoms with Crippen molar-refractivity contribution in [2.75, 3.05) is 19.6 Å². The Kier molecular flexibility index (Phi) is 7.05. The highest BCUT2D eigenvalue weighted by molar-refractivity contribution is 6.09. The van der Waals surface area contributed by atoms with Crippen LogP contribution in [-0.2, 0) is 14.4 Å². The molecule has 8 heteroatoms. The third-order valence-electron chi connectivity index (χ3n) is 8.25. The molecule has 0 radical (unpaired) electrons. The zero-order valence-corrected chi connectivity index (χ0v) is 19.4. The Labute approximate surface area is 190 Å². The van der Waals surface area contributed by atoms with Crippen LogP contribution in [0.1, 0.15) is 84.0 Å². The van der Waals surface area contributed by atoms with Gasteiger partial charge in [0.05, 0.1) is 0 Å². The molecule has 32 heavy (non-hydrogen) atoms. The molecule has 2 aliphatic carbocycles. The number of amides is 5. The zero-order valence-electron chi connectivity index (χ0n) is 19.4. The number of rotatable bonds is 5. The largest absolute Gasteiger partial charge is 0.353 e. The number of nitrogens with one attached hydrogen (secondary N) is 2. The first kappa shape index (κ1) is 23.1. The van der Waals surface area contributed by atoms with Gasteiger partial charge in [0.25, 0.3) is 5.91 Å². The van der Waals surface area contributed by atoms with Crippen molar-refractivity contribution in [3.05, 3.63) is 0 Å². The normalized spacial score (nSPS) is 30.0. The lowest BCUT2D eigenvalue weighted by atomic mass is 9.75. The van der Waals surface area contributed by atoms with Crippen molar-refractivity contribution >= 4 is 23.8 Å². The molecule has 178 valence electrons. The van der Waals surface area contributed by atoms with Crippen molar-refractivity contribution in [3.63, 3.8) is 0 Å². The van der Waals surface area contributed by atoms with E-state index >= 15 is 0 Å². The summed E-state index contributed by atoms with van der Waals surface area (Å²) in [5.41, 5.74) is -0.806. The first-order valence-electron chi connectivity index (χ1n) is 12.6. The maximum Gasteiger partial charge on any atom is 0.325 e. The van der Waals surface area contributed by atoms with Gasteiger partial charge in [-0.05, 0) is 57.3 Å². The molecule has 0 bridgehead atoms. The number of likely N-dealkylation sites (tertiary alicyclic amines) is 1. The highest BCUT2D eigenvalue weighted by Gasteiger charge is 2.52. The fourth-order valence-electron chi connectivity index (χ4n) is 5.93. The van der Waals surface area contributed by atoms with E-state index in [2.05, 4.69) is 17.6 Å². The van der Waals surface area contributed by atoms with Crippen molar-refractivity contribution in [1.82, 2.24) is 20.4 Å². The quantitative estimate of drug-likeness (QED) is 0.634. The number of carbonyl (C=O) groups excluding carboxylic acids is 4. The first-order valence-corrected chi connectivity index (χ1v) is 12.6. The summed E-state index contributed by atoms with van der Waals surface area (Å²) in [7, 11) is 0. The maximum absolute atomic E-state index is 13.1. The topological polar surface area (TPSA) is 98.8 Å². The van der Waals surface area contributed by atoms with Crippen molar-refractivity contribution < 1.29 is 19.2 Å². The molecule has 2 aliphatic heterocycles. The van der Waals surface area contributed by atoms with E-state index in [1.807, 2.05) is 0 Å². The number of carbonyl (C=O) groups is 4. The van der Waals surface area contributed by atoms with Crippen LogP contribution in [0.15, 0.2) is 0 Å². The average Bonchev–Trinajstić information content (AvgIpc) is 3.04. The van der Waals surface area contributed by atoms with Crippen LogP contribution in [0, 0.1) is 11.8 Å². The fourth-order valence-corrected chi connectivity index (χ4v) is 5.93.